The summed E-state index contributed by atoms with van der Waals surface area (Å²) < 4.78 is 24.1. The second-order valence-electron chi connectivity index (χ2n) is 11.1. The van der Waals surface area contributed by atoms with Crippen molar-refractivity contribution in [1.82, 2.24) is 0 Å². The van der Waals surface area contributed by atoms with Crippen molar-refractivity contribution in [3.8, 4) is 5.75 Å². The Morgan fingerprint density at radius 1 is 0.947 bits per heavy atom. The first-order valence-corrected chi connectivity index (χ1v) is 14.1. The molecule has 8 atom stereocenters. The third kappa shape index (κ3) is 6.02. The van der Waals surface area contributed by atoms with Crippen molar-refractivity contribution in [3.05, 3.63) is 64.2 Å². The molecule has 6 nitrogen and oxygen atoms in total. The highest BCUT2D eigenvalue weighted by Gasteiger charge is 2.48. The standard InChI is InChI=1S/C31H37ClO6/c1-5-28-17(2)29(35-18(3)33)31(36-19(4)34)30(38-28)21-8-11-27(32)24(13-21)12-20-6-9-25(10-7-20)37-26-15-22-14-23(22)16-26/h6-11,13,17,22-23,26,28-31H,5,12,14-16H2,1-4H3/t17-,22-,23+,26?,28-,29+,30+,31-/m1/s1. The van der Waals surface area contributed by atoms with Gasteiger partial charge in [0.05, 0.1) is 12.2 Å². The Balaban J connectivity index is 1.35. The maximum absolute atomic E-state index is 12.0. The monoisotopic (exact) mass is 540 g/mol. The Morgan fingerprint density at radius 3 is 2.24 bits per heavy atom. The molecule has 0 bridgehead atoms. The maximum Gasteiger partial charge on any atom is 0.303 e. The van der Waals surface area contributed by atoms with Crippen LogP contribution in [-0.4, -0.2) is 36.4 Å². The first-order chi connectivity index (χ1) is 18.2. The van der Waals surface area contributed by atoms with E-state index in [1.54, 1.807) is 0 Å². The summed E-state index contributed by atoms with van der Waals surface area (Å²) in [6.07, 6.45) is 3.34. The van der Waals surface area contributed by atoms with Crippen molar-refractivity contribution < 1.29 is 28.5 Å². The van der Waals surface area contributed by atoms with Gasteiger partial charge in [-0.25, -0.2) is 0 Å². The van der Waals surface area contributed by atoms with Crippen LogP contribution in [0.15, 0.2) is 42.5 Å². The van der Waals surface area contributed by atoms with Gasteiger partial charge in [-0.2, -0.15) is 0 Å². The van der Waals surface area contributed by atoms with E-state index < -0.39 is 30.3 Å². The lowest BCUT2D eigenvalue weighted by atomic mass is 9.84. The third-order valence-electron chi connectivity index (χ3n) is 8.27. The fourth-order valence-electron chi connectivity index (χ4n) is 6.26. The number of carbonyl (C=O) groups is 2. The molecule has 5 rings (SSSR count). The van der Waals surface area contributed by atoms with E-state index in [-0.39, 0.29) is 12.0 Å². The van der Waals surface area contributed by atoms with Crippen LogP contribution < -0.4 is 4.74 Å². The van der Waals surface area contributed by atoms with Crippen molar-refractivity contribution in [2.75, 3.05) is 0 Å². The van der Waals surface area contributed by atoms with Crippen LogP contribution in [0.25, 0.3) is 0 Å². The number of hydrogen-bond acceptors (Lipinski definition) is 6. The van der Waals surface area contributed by atoms with E-state index in [0.29, 0.717) is 17.5 Å². The Morgan fingerprint density at radius 2 is 1.61 bits per heavy atom. The van der Waals surface area contributed by atoms with Gasteiger partial charge in [-0.05, 0) is 78.8 Å². The number of ether oxygens (including phenoxy) is 4. The molecule has 1 heterocycles. The molecule has 2 aromatic carbocycles. The van der Waals surface area contributed by atoms with Crippen LogP contribution >= 0.6 is 11.6 Å². The molecule has 2 aliphatic carbocycles. The number of rotatable bonds is 8. The summed E-state index contributed by atoms with van der Waals surface area (Å²) in [7, 11) is 0. The van der Waals surface area contributed by atoms with Crippen LogP contribution in [0.5, 0.6) is 5.75 Å². The highest BCUT2D eigenvalue weighted by Crippen LogP contribution is 2.52. The highest BCUT2D eigenvalue weighted by molar-refractivity contribution is 6.31. The quantitative estimate of drug-likeness (QED) is 0.358. The van der Waals surface area contributed by atoms with Crippen LogP contribution in [0.1, 0.15) is 76.2 Å². The zero-order chi connectivity index (χ0) is 27.0. The van der Waals surface area contributed by atoms with E-state index in [9.17, 15) is 9.59 Å². The van der Waals surface area contributed by atoms with Crippen molar-refractivity contribution in [2.24, 2.45) is 17.8 Å². The minimum Gasteiger partial charge on any atom is -0.490 e. The summed E-state index contributed by atoms with van der Waals surface area (Å²) in [5, 5.41) is 0.649. The molecule has 1 saturated heterocycles. The molecular weight excluding hydrogens is 504 g/mol. The van der Waals surface area contributed by atoms with Crippen LogP contribution in [0.3, 0.4) is 0 Å². The Hall–Kier alpha value is -2.57. The predicted molar refractivity (Wildman–Crippen MR) is 144 cm³/mol. The molecular formula is C31H37ClO6. The lowest BCUT2D eigenvalue weighted by molar-refractivity contribution is -0.225. The number of benzene rings is 2. The maximum atomic E-state index is 12.0. The molecule has 3 fully saturated rings. The van der Waals surface area contributed by atoms with Crippen molar-refractivity contribution in [1.29, 1.82) is 0 Å². The van der Waals surface area contributed by atoms with E-state index in [0.717, 1.165) is 40.7 Å². The Labute approximate surface area is 229 Å². The van der Waals surface area contributed by atoms with Crippen molar-refractivity contribution in [3.63, 3.8) is 0 Å². The highest BCUT2D eigenvalue weighted by atomic mass is 35.5. The van der Waals surface area contributed by atoms with Crippen LogP contribution in [0.2, 0.25) is 5.02 Å². The fourth-order valence-corrected chi connectivity index (χ4v) is 6.44. The normalized spacial score (nSPS) is 31.8. The van der Waals surface area contributed by atoms with Gasteiger partial charge < -0.3 is 18.9 Å². The number of fused-ring (bicyclic) bond motifs is 1. The van der Waals surface area contributed by atoms with Crippen molar-refractivity contribution in [2.45, 2.75) is 90.3 Å². The molecule has 2 aromatic rings. The molecule has 38 heavy (non-hydrogen) atoms. The zero-order valence-electron chi connectivity index (χ0n) is 22.5. The lowest BCUT2D eigenvalue weighted by Crippen LogP contribution is -2.52. The Bertz CT molecular complexity index is 1150. The molecule has 0 amide bonds. The topological polar surface area (TPSA) is 71.1 Å². The van der Waals surface area contributed by atoms with Crippen LogP contribution in [-0.2, 0) is 30.2 Å². The summed E-state index contributed by atoms with van der Waals surface area (Å²) in [4.78, 5) is 24.0. The van der Waals surface area contributed by atoms with Crippen LogP contribution in [0.4, 0.5) is 0 Å². The molecule has 1 unspecified atom stereocenters. The summed E-state index contributed by atoms with van der Waals surface area (Å²) in [5.74, 6) is 1.70. The molecule has 204 valence electrons. The number of halogens is 1. The molecule has 0 aromatic heterocycles. The van der Waals surface area contributed by atoms with Gasteiger partial charge in [0.15, 0.2) is 6.10 Å². The average Bonchev–Trinajstić information content (AvgIpc) is 3.49. The number of carbonyl (C=O) groups excluding carboxylic acids is 2. The van der Waals surface area contributed by atoms with E-state index in [4.69, 9.17) is 30.5 Å². The first kappa shape index (κ1) is 27.0. The van der Waals surface area contributed by atoms with Gasteiger partial charge in [0, 0.05) is 24.8 Å². The Kier molecular flexibility index (Phi) is 8.01. The first-order valence-electron chi connectivity index (χ1n) is 13.8. The second kappa shape index (κ2) is 11.3. The molecule has 7 heteroatoms. The van der Waals surface area contributed by atoms with Gasteiger partial charge in [-0.1, -0.05) is 49.7 Å². The van der Waals surface area contributed by atoms with Crippen LogP contribution in [0, 0.1) is 17.8 Å². The molecule has 0 radical (unpaired) electrons. The molecule has 3 aliphatic rings. The third-order valence-corrected chi connectivity index (χ3v) is 8.64. The summed E-state index contributed by atoms with van der Waals surface area (Å²) in [6, 6.07) is 14.0. The smallest absolute Gasteiger partial charge is 0.303 e. The zero-order valence-corrected chi connectivity index (χ0v) is 23.3. The van der Waals surface area contributed by atoms with Gasteiger partial charge in [-0.15, -0.1) is 0 Å². The number of hydrogen-bond donors (Lipinski definition) is 0. The lowest BCUT2D eigenvalue weighted by Gasteiger charge is -2.44. The largest absolute Gasteiger partial charge is 0.490 e. The van der Waals surface area contributed by atoms with E-state index in [2.05, 4.69) is 12.1 Å². The van der Waals surface area contributed by atoms with Gasteiger partial charge in [0.1, 0.15) is 18.0 Å². The summed E-state index contributed by atoms with van der Waals surface area (Å²) >= 11 is 6.62. The van der Waals surface area contributed by atoms with E-state index in [1.807, 2.05) is 44.2 Å². The minimum absolute atomic E-state index is 0.132. The van der Waals surface area contributed by atoms with E-state index >= 15 is 0 Å². The van der Waals surface area contributed by atoms with Gasteiger partial charge >= 0.3 is 11.9 Å². The molecule has 2 saturated carbocycles. The second-order valence-corrected chi connectivity index (χ2v) is 11.6. The molecule has 1 aliphatic heterocycles. The molecule has 0 spiro atoms. The minimum atomic E-state index is -0.763. The van der Waals surface area contributed by atoms with Gasteiger partial charge in [-0.3, -0.25) is 9.59 Å². The summed E-state index contributed by atoms with van der Waals surface area (Å²) in [5.41, 5.74) is 2.89. The fraction of sp³-hybridized carbons (Fsp3) is 0.548. The average molecular weight is 541 g/mol. The number of esters is 2. The van der Waals surface area contributed by atoms with Gasteiger partial charge in [0.2, 0.25) is 0 Å². The molecule has 0 N–H and O–H groups in total. The van der Waals surface area contributed by atoms with Gasteiger partial charge in [0.25, 0.3) is 0 Å². The van der Waals surface area contributed by atoms with E-state index in [1.165, 1.54) is 33.1 Å². The predicted octanol–water partition coefficient (Wildman–Crippen LogP) is 6.46. The van der Waals surface area contributed by atoms with Crippen molar-refractivity contribution >= 4 is 23.5 Å². The summed E-state index contributed by atoms with van der Waals surface area (Å²) in [6.45, 7) is 6.72. The SMILES string of the molecule is CC[C@H]1O[C@@H](c2ccc(Cl)c(Cc3ccc(OC4C[C@@H]5C[C@@H]5C4)cc3)c2)[C@H](OC(C)=O)[C@@H](OC(C)=O)[C@@H]1C.